The van der Waals surface area contributed by atoms with E-state index in [1.165, 1.54) is 17.8 Å². The molecule has 122 valence electrons. The Morgan fingerprint density at radius 3 is 3.14 bits per heavy atom. The number of aryl methyl sites for hydroxylation is 1. The van der Waals surface area contributed by atoms with Gasteiger partial charge in [0.1, 0.15) is 0 Å². The third-order valence-corrected chi connectivity index (χ3v) is 4.45. The van der Waals surface area contributed by atoms with E-state index in [2.05, 4.69) is 15.3 Å². The Kier molecular flexibility index (Phi) is 6.45. The largest absolute Gasteiger partial charge is 0.376 e. The third-order valence-electron chi connectivity index (χ3n) is 3.46. The molecule has 2 heterocycles. The highest BCUT2D eigenvalue weighted by atomic mass is 32.2. The molecule has 22 heavy (non-hydrogen) atoms. The number of hydrogen-bond acceptors (Lipinski definition) is 5. The Balaban J connectivity index is 1.88. The molecule has 1 aliphatic rings. The van der Waals surface area contributed by atoms with E-state index in [9.17, 15) is 9.59 Å². The van der Waals surface area contributed by atoms with E-state index in [-0.39, 0.29) is 22.8 Å². The highest BCUT2D eigenvalue weighted by molar-refractivity contribution is 8.00. The second kappa shape index (κ2) is 8.33. The van der Waals surface area contributed by atoms with Crippen LogP contribution in [-0.2, 0) is 16.0 Å². The molecule has 0 aliphatic carbocycles. The standard InChI is InChI=1S/C15H23N3O3S/c1-3-5-11-8-13(19)18-15(17-11)22-10(2)14(20)16-9-12-6-4-7-21-12/h8,10,12H,3-7,9H2,1-2H3,(H,16,20)(H,17,18,19). The minimum Gasteiger partial charge on any atom is -0.376 e. The van der Waals surface area contributed by atoms with E-state index in [0.29, 0.717) is 11.7 Å². The first-order chi connectivity index (χ1) is 10.6. The number of carbonyl (C=O) groups excluding carboxylic acids is 1. The molecular formula is C15H23N3O3S. The normalized spacial score (nSPS) is 19.1. The van der Waals surface area contributed by atoms with Gasteiger partial charge < -0.3 is 15.0 Å². The summed E-state index contributed by atoms with van der Waals surface area (Å²) in [6.45, 7) is 5.17. The molecule has 0 spiro atoms. The van der Waals surface area contributed by atoms with Crippen LogP contribution in [0.1, 0.15) is 38.8 Å². The van der Waals surface area contributed by atoms with E-state index in [1.807, 2.05) is 13.8 Å². The van der Waals surface area contributed by atoms with Gasteiger partial charge in [-0.25, -0.2) is 4.98 Å². The topological polar surface area (TPSA) is 84.1 Å². The van der Waals surface area contributed by atoms with Gasteiger partial charge in [-0.15, -0.1) is 0 Å². The molecule has 1 aromatic heterocycles. The van der Waals surface area contributed by atoms with Crippen LogP contribution in [0.4, 0.5) is 0 Å². The van der Waals surface area contributed by atoms with Crippen molar-refractivity contribution >= 4 is 17.7 Å². The van der Waals surface area contributed by atoms with Crippen molar-refractivity contribution in [1.82, 2.24) is 15.3 Å². The van der Waals surface area contributed by atoms with Gasteiger partial charge in [0.15, 0.2) is 5.16 Å². The molecular weight excluding hydrogens is 302 g/mol. The summed E-state index contributed by atoms with van der Waals surface area (Å²) < 4.78 is 5.48. The molecule has 6 nitrogen and oxygen atoms in total. The van der Waals surface area contributed by atoms with E-state index in [0.717, 1.165) is 38.0 Å². The molecule has 0 bridgehead atoms. The van der Waals surface area contributed by atoms with Crippen molar-refractivity contribution < 1.29 is 9.53 Å². The number of H-pyrrole nitrogens is 1. The van der Waals surface area contributed by atoms with Crippen LogP contribution < -0.4 is 10.9 Å². The summed E-state index contributed by atoms with van der Waals surface area (Å²) in [5, 5.41) is 3.07. The Hall–Kier alpha value is -1.34. The fraction of sp³-hybridized carbons (Fsp3) is 0.667. The molecule has 1 aromatic rings. The fourth-order valence-electron chi connectivity index (χ4n) is 2.31. The maximum atomic E-state index is 12.1. The number of ether oxygens (including phenoxy) is 1. The van der Waals surface area contributed by atoms with Gasteiger partial charge in [-0.2, -0.15) is 0 Å². The van der Waals surface area contributed by atoms with Crippen LogP contribution in [0.25, 0.3) is 0 Å². The molecule has 2 unspecified atom stereocenters. The highest BCUT2D eigenvalue weighted by Gasteiger charge is 2.20. The lowest BCUT2D eigenvalue weighted by atomic mass is 10.2. The van der Waals surface area contributed by atoms with Crippen LogP contribution in [-0.4, -0.2) is 40.4 Å². The highest BCUT2D eigenvalue weighted by Crippen LogP contribution is 2.19. The third kappa shape index (κ3) is 5.14. The van der Waals surface area contributed by atoms with Crippen molar-refractivity contribution in [3.8, 4) is 0 Å². The van der Waals surface area contributed by atoms with E-state index in [1.54, 1.807) is 0 Å². The zero-order chi connectivity index (χ0) is 15.9. The summed E-state index contributed by atoms with van der Waals surface area (Å²) in [6.07, 6.45) is 3.87. The number of carbonyl (C=O) groups is 1. The molecule has 1 fully saturated rings. The van der Waals surface area contributed by atoms with Crippen molar-refractivity contribution in [1.29, 1.82) is 0 Å². The number of thioether (sulfide) groups is 1. The van der Waals surface area contributed by atoms with Gasteiger partial charge in [0, 0.05) is 24.9 Å². The Bertz CT molecular complexity index is 555. The maximum Gasteiger partial charge on any atom is 0.251 e. The molecule has 1 saturated heterocycles. The first kappa shape index (κ1) is 17.0. The number of nitrogens with zero attached hydrogens (tertiary/aromatic N) is 1. The Morgan fingerprint density at radius 2 is 2.45 bits per heavy atom. The van der Waals surface area contributed by atoms with Gasteiger partial charge in [0.2, 0.25) is 5.91 Å². The SMILES string of the molecule is CCCc1cc(=O)[nH]c(SC(C)C(=O)NCC2CCCO2)n1. The van der Waals surface area contributed by atoms with Gasteiger partial charge in [-0.3, -0.25) is 9.59 Å². The first-order valence-electron chi connectivity index (χ1n) is 7.74. The molecule has 0 saturated carbocycles. The van der Waals surface area contributed by atoms with E-state index in [4.69, 9.17) is 4.74 Å². The lowest BCUT2D eigenvalue weighted by Crippen LogP contribution is -2.36. The van der Waals surface area contributed by atoms with Gasteiger partial charge in [0.05, 0.1) is 11.4 Å². The van der Waals surface area contributed by atoms with Crippen molar-refractivity contribution in [2.24, 2.45) is 0 Å². The lowest BCUT2D eigenvalue weighted by molar-refractivity contribution is -0.120. The van der Waals surface area contributed by atoms with E-state index >= 15 is 0 Å². The molecule has 1 amide bonds. The first-order valence-corrected chi connectivity index (χ1v) is 8.62. The van der Waals surface area contributed by atoms with Crippen molar-refractivity contribution in [2.75, 3.05) is 13.2 Å². The minimum atomic E-state index is -0.318. The lowest BCUT2D eigenvalue weighted by Gasteiger charge is -2.14. The summed E-state index contributed by atoms with van der Waals surface area (Å²) in [6, 6.07) is 1.51. The Labute approximate surface area is 134 Å². The Morgan fingerprint density at radius 1 is 1.64 bits per heavy atom. The van der Waals surface area contributed by atoms with Crippen LogP contribution in [0.15, 0.2) is 16.0 Å². The van der Waals surface area contributed by atoms with Crippen LogP contribution in [0.5, 0.6) is 0 Å². The fourth-order valence-corrected chi connectivity index (χ4v) is 3.16. The zero-order valence-electron chi connectivity index (χ0n) is 13.1. The van der Waals surface area contributed by atoms with Gasteiger partial charge in [0.25, 0.3) is 5.56 Å². The second-order valence-corrected chi connectivity index (χ2v) is 6.76. The van der Waals surface area contributed by atoms with Crippen molar-refractivity contribution in [2.45, 2.75) is 56.0 Å². The molecule has 0 aromatic carbocycles. The number of hydrogen-bond donors (Lipinski definition) is 2. The molecule has 2 atom stereocenters. The van der Waals surface area contributed by atoms with Crippen molar-refractivity contribution in [3.63, 3.8) is 0 Å². The maximum absolute atomic E-state index is 12.1. The molecule has 2 N–H and O–H groups in total. The summed E-state index contributed by atoms with van der Waals surface area (Å²) in [5.74, 6) is -0.0657. The van der Waals surface area contributed by atoms with Gasteiger partial charge in [-0.05, 0) is 26.2 Å². The average molecular weight is 325 g/mol. The number of amides is 1. The number of rotatable bonds is 7. The second-order valence-electron chi connectivity index (χ2n) is 5.43. The molecule has 0 radical (unpaired) electrons. The summed E-state index contributed by atoms with van der Waals surface area (Å²) in [5.41, 5.74) is 0.591. The van der Waals surface area contributed by atoms with Crippen LogP contribution in [0.3, 0.4) is 0 Å². The summed E-state index contributed by atoms with van der Waals surface area (Å²) in [4.78, 5) is 30.8. The smallest absolute Gasteiger partial charge is 0.251 e. The van der Waals surface area contributed by atoms with Crippen LogP contribution in [0, 0.1) is 0 Å². The quantitative estimate of drug-likeness (QED) is 0.586. The predicted octanol–water partition coefficient (Wildman–Crippen LogP) is 1.50. The van der Waals surface area contributed by atoms with Crippen LogP contribution >= 0.6 is 11.8 Å². The van der Waals surface area contributed by atoms with Crippen molar-refractivity contribution in [3.05, 3.63) is 22.1 Å². The minimum absolute atomic E-state index is 0.0657. The predicted molar refractivity (Wildman–Crippen MR) is 86.2 cm³/mol. The average Bonchev–Trinajstić information content (AvgIpc) is 2.97. The number of nitrogens with one attached hydrogen (secondary N) is 2. The van der Waals surface area contributed by atoms with E-state index < -0.39 is 0 Å². The zero-order valence-corrected chi connectivity index (χ0v) is 13.9. The molecule has 7 heteroatoms. The number of aromatic amines is 1. The summed E-state index contributed by atoms with van der Waals surface area (Å²) >= 11 is 1.27. The monoisotopic (exact) mass is 325 g/mol. The van der Waals surface area contributed by atoms with Crippen LogP contribution in [0.2, 0.25) is 0 Å². The molecule has 2 rings (SSSR count). The van der Waals surface area contributed by atoms with Gasteiger partial charge in [-0.1, -0.05) is 25.1 Å². The van der Waals surface area contributed by atoms with Gasteiger partial charge >= 0.3 is 0 Å². The number of aromatic nitrogens is 2. The summed E-state index contributed by atoms with van der Waals surface area (Å²) in [7, 11) is 0. The molecule has 1 aliphatic heterocycles.